The molecule has 0 saturated heterocycles. The van der Waals surface area contributed by atoms with Crippen LogP contribution in [0.15, 0.2) is 24.8 Å². The average molecular weight is 1780 g/mol. The molecular formula is C90H128N12O25. The van der Waals surface area contributed by atoms with Crippen LogP contribution >= 0.6 is 0 Å². The standard InChI is InChI=1S/C90H128N12O25/c1-33-37-82(17,18)41-57-49-99(95-91-57)61(65(103)78(5,6)7)45-83(19,20)69(107)121-53-88(54-122-70(108)84(21,22)46-62(66(104)125-79(8,9)10)100-50-58(92-96-100)42-87(27,38-34-2)73(111)116-28,55-123-71(109)85(23,24)47-63(67(105)126-80(11,12)13)101-51-59(93-97-101)43-89(39-35-3,74(112)117-29)75(113)118-30)56-124-72(110)86(25,26)48-64(68(106)127-81(14,15)16)102-52-60(94-98-102)44-90(40-36-4,76(114)119-31)77(115)120-32/h1-4,49-52,61-64H,37-48,53-56H2,5-32H3. The molecule has 4 aromatic heterocycles. The fourth-order valence-corrected chi connectivity index (χ4v) is 13.7. The molecule has 0 fully saturated rings. The molecule has 0 saturated carbocycles. The van der Waals surface area contributed by atoms with E-state index in [9.17, 15) is 43.2 Å². The molecular weight excluding hydrogens is 1650 g/mol. The van der Waals surface area contributed by atoms with Crippen LogP contribution in [0.5, 0.6) is 0 Å². The molecule has 0 spiro atoms. The number of hydrogen-bond acceptors (Lipinski definition) is 33. The molecule has 0 aliphatic heterocycles. The van der Waals surface area contributed by atoms with E-state index in [-0.39, 0.29) is 42.1 Å². The van der Waals surface area contributed by atoms with E-state index in [0.717, 1.165) is 42.5 Å². The van der Waals surface area contributed by atoms with Gasteiger partial charge in [0.25, 0.3) is 0 Å². The molecule has 127 heavy (non-hydrogen) atoms. The van der Waals surface area contributed by atoms with E-state index in [0.29, 0.717) is 18.5 Å². The molecule has 698 valence electrons. The Balaban J connectivity index is 2.11. The number of hydrogen-bond donors (Lipinski definition) is 0. The summed E-state index contributed by atoms with van der Waals surface area (Å²) in [5, 5.41) is 34.1. The van der Waals surface area contributed by atoms with E-state index in [1.165, 1.54) is 85.8 Å². The number of terminal acetylenes is 4. The first-order chi connectivity index (χ1) is 58.3. The van der Waals surface area contributed by atoms with Crippen molar-refractivity contribution in [3.63, 3.8) is 0 Å². The number of ketones is 1. The van der Waals surface area contributed by atoms with Crippen molar-refractivity contribution in [1.29, 1.82) is 0 Å². The first-order valence-corrected chi connectivity index (χ1v) is 41.1. The Hall–Kier alpha value is -11.9. The first kappa shape index (κ1) is 107. The van der Waals surface area contributed by atoms with E-state index >= 15 is 19.2 Å². The second-order valence-corrected chi connectivity index (χ2v) is 39.8. The smallest absolute Gasteiger partial charge is 0.331 e. The van der Waals surface area contributed by atoms with Crippen LogP contribution in [0.4, 0.5) is 0 Å². The lowest BCUT2D eigenvalue weighted by Crippen LogP contribution is -2.48. The van der Waals surface area contributed by atoms with Gasteiger partial charge in [0.15, 0.2) is 34.7 Å². The summed E-state index contributed by atoms with van der Waals surface area (Å²) in [6, 6.07) is -5.84. The molecule has 37 nitrogen and oxygen atoms in total. The zero-order valence-electron chi connectivity index (χ0n) is 78.8. The summed E-state index contributed by atoms with van der Waals surface area (Å²) < 4.78 is 72.9. The number of carbonyl (C=O) groups excluding carboxylic acids is 13. The topological polar surface area (TPSA) is 456 Å². The molecule has 0 amide bonds. The summed E-state index contributed by atoms with van der Waals surface area (Å²) >= 11 is 0. The lowest BCUT2D eigenvalue weighted by Gasteiger charge is -2.37. The van der Waals surface area contributed by atoms with Crippen molar-refractivity contribution in [3.8, 4) is 49.4 Å². The Kier molecular flexibility index (Phi) is 36.0. The summed E-state index contributed by atoms with van der Waals surface area (Å²) in [6.45, 7) is 32.1. The van der Waals surface area contributed by atoms with E-state index in [1.807, 2.05) is 13.8 Å². The molecule has 4 heterocycles. The van der Waals surface area contributed by atoms with Crippen molar-refractivity contribution in [3.05, 3.63) is 47.6 Å². The number of Topliss-reactive ketones (excluding diaryl/α,β-unsaturated/α-hetero) is 1. The molecule has 5 atom stereocenters. The normalized spacial score (nSPS) is 14.4. The van der Waals surface area contributed by atoms with Gasteiger partial charge in [0, 0.05) is 75.1 Å². The Morgan fingerprint density at radius 3 is 0.811 bits per heavy atom. The largest absolute Gasteiger partial charge is 0.469 e. The van der Waals surface area contributed by atoms with Gasteiger partial charge in [-0.15, -0.1) is 69.8 Å². The van der Waals surface area contributed by atoms with Gasteiger partial charge in [-0.05, 0) is 162 Å². The molecule has 4 rings (SSSR count). The highest BCUT2D eigenvalue weighted by atomic mass is 16.6. The molecule has 0 N–H and O–H groups in total. The number of rotatable bonds is 45. The summed E-state index contributed by atoms with van der Waals surface area (Å²) in [4.78, 5) is 188. The zero-order valence-corrected chi connectivity index (χ0v) is 78.8. The van der Waals surface area contributed by atoms with E-state index in [1.54, 1.807) is 96.2 Å². The van der Waals surface area contributed by atoms with Crippen molar-refractivity contribution in [2.45, 2.75) is 277 Å². The highest BCUT2D eigenvalue weighted by Crippen LogP contribution is 2.42. The highest BCUT2D eigenvalue weighted by molar-refractivity contribution is 6.01. The maximum atomic E-state index is 15.6. The predicted octanol–water partition coefficient (Wildman–Crippen LogP) is 8.92. The van der Waals surface area contributed by atoms with Crippen molar-refractivity contribution in [1.82, 2.24) is 60.0 Å². The van der Waals surface area contributed by atoms with Crippen LogP contribution in [0.1, 0.15) is 258 Å². The summed E-state index contributed by atoms with van der Waals surface area (Å²) in [5.74, 6) is -2.73. The molecule has 0 aromatic carbocycles. The van der Waals surface area contributed by atoms with Gasteiger partial charge in [0.1, 0.15) is 54.7 Å². The summed E-state index contributed by atoms with van der Waals surface area (Å²) in [5.41, 5.74) is -19.6. The number of esters is 12. The molecule has 0 bridgehead atoms. The van der Waals surface area contributed by atoms with Gasteiger partial charge < -0.3 is 56.8 Å². The van der Waals surface area contributed by atoms with Crippen LogP contribution in [-0.4, -0.2) is 216 Å². The van der Waals surface area contributed by atoms with Gasteiger partial charge in [-0.3, -0.25) is 47.9 Å². The monoisotopic (exact) mass is 1780 g/mol. The number of carbonyl (C=O) groups is 13. The highest BCUT2D eigenvalue weighted by Gasteiger charge is 2.53. The molecule has 0 aliphatic carbocycles. The average Bonchev–Trinajstić information content (AvgIpc) is 1.75. The van der Waals surface area contributed by atoms with Crippen molar-refractivity contribution >= 4 is 77.4 Å². The van der Waals surface area contributed by atoms with E-state index in [2.05, 4.69) is 64.9 Å². The number of ether oxygens (including phenoxy) is 12. The van der Waals surface area contributed by atoms with Crippen LogP contribution < -0.4 is 0 Å². The Morgan fingerprint density at radius 1 is 0.323 bits per heavy atom. The van der Waals surface area contributed by atoms with Crippen LogP contribution in [0.2, 0.25) is 0 Å². The Bertz CT molecular complexity index is 4610. The van der Waals surface area contributed by atoms with Crippen molar-refractivity contribution in [2.75, 3.05) is 62.0 Å². The Labute approximate surface area is 743 Å². The lowest BCUT2D eigenvalue weighted by atomic mass is 9.78. The third-order valence-corrected chi connectivity index (χ3v) is 20.7. The fourth-order valence-electron chi connectivity index (χ4n) is 13.7. The number of aromatic nitrogens is 12. The van der Waals surface area contributed by atoms with Crippen LogP contribution in [-0.2, 0) is 145 Å². The maximum Gasteiger partial charge on any atom is 0.331 e. The molecule has 0 aliphatic rings. The summed E-state index contributed by atoms with van der Waals surface area (Å²) in [7, 11) is 5.34. The van der Waals surface area contributed by atoms with Crippen LogP contribution in [0, 0.1) is 104 Å². The second kappa shape index (κ2) is 42.6. The van der Waals surface area contributed by atoms with Gasteiger partial charge in [0.05, 0.1) is 85.4 Å². The third-order valence-electron chi connectivity index (χ3n) is 20.7. The minimum Gasteiger partial charge on any atom is -0.469 e. The molecule has 0 radical (unpaired) electrons. The lowest BCUT2D eigenvalue weighted by molar-refractivity contribution is -0.183. The minimum atomic E-state index is -2.29. The molecule has 37 heteroatoms. The predicted molar refractivity (Wildman–Crippen MR) is 454 cm³/mol. The SMILES string of the molecule is C#CCC(C)(C)Cc1cn(C(CC(C)(C)C(=O)OCC(COC(=O)C(C)(C)CC(C(=O)OC(C)(C)C)n2cc(CC(C)(CC#C)C(=O)OC)nn2)(COC(=O)C(C)(C)CC(C(=O)OC(C)(C)C)n2cc(CC(CC#C)(C(=O)OC)C(=O)OC)nn2)COC(=O)C(C)(C)CC(C(=O)OC(C)(C)C)n2cc(CC(CC#C)(C(=O)OC)C(=O)OC)nn2)C(=O)C(C)(C)C)nn1. The quantitative estimate of drug-likeness (QED) is 0.0172. The van der Waals surface area contributed by atoms with Gasteiger partial charge in [-0.2, -0.15) is 0 Å². The zero-order chi connectivity index (χ0) is 97.0. The van der Waals surface area contributed by atoms with E-state index in [4.69, 9.17) is 82.5 Å². The summed E-state index contributed by atoms with van der Waals surface area (Å²) in [6.07, 6.45) is 24.7. The molecule has 4 aromatic rings. The molecule has 5 unspecified atom stereocenters. The minimum absolute atomic E-state index is 0.0764. The van der Waals surface area contributed by atoms with Gasteiger partial charge >= 0.3 is 71.6 Å². The van der Waals surface area contributed by atoms with E-state index < -0.39 is 238 Å². The van der Waals surface area contributed by atoms with Gasteiger partial charge in [-0.1, -0.05) is 55.5 Å². The fraction of sp³-hybridized carbons (Fsp3) is 0.678. The van der Waals surface area contributed by atoms with Crippen LogP contribution in [0.3, 0.4) is 0 Å². The number of nitrogens with zero attached hydrogens (tertiary/aromatic N) is 12. The van der Waals surface area contributed by atoms with Crippen molar-refractivity contribution in [2.24, 2.45) is 54.1 Å². The first-order valence-electron chi connectivity index (χ1n) is 41.1. The second-order valence-electron chi connectivity index (χ2n) is 39.8. The van der Waals surface area contributed by atoms with Crippen LogP contribution in [0.25, 0.3) is 0 Å². The maximum absolute atomic E-state index is 15.6. The van der Waals surface area contributed by atoms with Gasteiger partial charge in [-0.25, -0.2) is 33.1 Å². The number of methoxy groups -OCH3 is 5. The van der Waals surface area contributed by atoms with Crippen molar-refractivity contribution < 1.29 is 119 Å². The Morgan fingerprint density at radius 2 is 0.567 bits per heavy atom. The van der Waals surface area contributed by atoms with Gasteiger partial charge in [0.2, 0.25) is 0 Å². The third kappa shape index (κ3) is 29.3.